The van der Waals surface area contributed by atoms with E-state index in [9.17, 15) is 23.3 Å². The number of halogens is 3. The zero-order valence-electron chi connectivity index (χ0n) is 9.57. The van der Waals surface area contributed by atoms with Crippen LogP contribution in [0.3, 0.4) is 0 Å². The molecule has 1 aromatic rings. The normalized spacial score (nSPS) is 11.3. The first-order valence-corrected chi connectivity index (χ1v) is 5.09. The highest BCUT2D eigenvalue weighted by atomic mass is 19.4. The lowest BCUT2D eigenvalue weighted by Crippen LogP contribution is -2.34. The fourth-order valence-electron chi connectivity index (χ4n) is 1.51. The molecule has 0 aromatic heterocycles. The highest BCUT2D eigenvalue weighted by molar-refractivity contribution is 5.62. The van der Waals surface area contributed by atoms with Crippen LogP contribution in [0.15, 0.2) is 18.2 Å². The Hall–Kier alpha value is -1.99. The van der Waals surface area contributed by atoms with E-state index in [0.29, 0.717) is 0 Å². The molecular formula is C10H12F3N3O2. The van der Waals surface area contributed by atoms with E-state index in [4.69, 9.17) is 5.73 Å². The SMILES string of the molecule is CCN(CC(F)(F)F)c1cc(N)cc([N+](=O)[O-])c1. The number of nitrogen functional groups attached to an aromatic ring is 1. The summed E-state index contributed by atoms with van der Waals surface area (Å²) in [4.78, 5) is 10.9. The summed E-state index contributed by atoms with van der Waals surface area (Å²) in [5, 5.41) is 10.6. The molecule has 0 saturated heterocycles. The molecule has 0 radical (unpaired) electrons. The van der Waals surface area contributed by atoms with Crippen molar-refractivity contribution in [1.82, 2.24) is 0 Å². The van der Waals surface area contributed by atoms with Crippen LogP contribution < -0.4 is 10.6 Å². The van der Waals surface area contributed by atoms with Crippen LogP contribution in [0, 0.1) is 10.1 Å². The van der Waals surface area contributed by atoms with E-state index in [1.54, 1.807) is 0 Å². The smallest absolute Gasteiger partial charge is 0.398 e. The van der Waals surface area contributed by atoms with Crippen LogP contribution in [-0.4, -0.2) is 24.2 Å². The summed E-state index contributed by atoms with van der Waals surface area (Å²) in [5.74, 6) is 0. The van der Waals surface area contributed by atoms with Crippen LogP contribution in [0.4, 0.5) is 30.2 Å². The summed E-state index contributed by atoms with van der Waals surface area (Å²) in [5.41, 5.74) is 5.25. The van der Waals surface area contributed by atoms with E-state index in [-0.39, 0.29) is 23.6 Å². The van der Waals surface area contributed by atoms with Crippen LogP contribution in [-0.2, 0) is 0 Å². The Kier molecular flexibility index (Phi) is 4.00. The van der Waals surface area contributed by atoms with Crippen LogP contribution in [0.1, 0.15) is 6.92 Å². The highest BCUT2D eigenvalue weighted by Crippen LogP contribution is 2.27. The Balaban J connectivity index is 3.09. The predicted molar refractivity (Wildman–Crippen MR) is 61.5 cm³/mol. The number of nitrogens with zero attached hydrogens (tertiary/aromatic N) is 2. The number of nitro benzene ring substituents is 1. The molecule has 5 nitrogen and oxygen atoms in total. The van der Waals surface area contributed by atoms with Crippen LogP contribution >= 0.6 is 0 Å². The van der Waals surface area contributed by atoms with Crippen molar-refractivity contribution in [1.29, 1.82) is 0 Å². The minimum absolute atomic E-state index is 0.0554. The van der Waals surface area contributed by atoms with E-state index < -0.39 is 17.6 Å². The first-order valence-electron chi connectivity index (χ1n) is 5.09. The van der Waals surface area contributed by atoms with Gasteiger partial charge in [0, 0.05) is 30.1 Å². The summed E-state index contributed by atoms with van der Waals surface area (Å²) >= 11 is 0. The molecule has 100 valence electrons. The van der Waals surface area contributed by atoms with Gasteiger partial charge in [-0.05, 0) is 13.0 Å². The number of nitro groups is 1. The minimum Gasteiger partial charge on any atom is -0.398 e. The third-order valence-electron chi connectivity index (χ3n) is 2.25. The molecule has 0 aliphatic carbocycles. The van der Waals surface area contributed by atoms with Crippen molar-refractivity contribution < 1.29 is 18.1 Å². The zero-order chi connectivity index (χ0) is 13.9. The monoisotopic (exact) mass is 263 g/mol. The molecule has 0 heterocycles. The van der Waals surface area contributed by atoms with Gasteiger partial charge in [0.25, 0.3) is 5.69 Å². The van der Waals surface area contributed by atoms with Crippen molar-refractivity contribution in [2.24, 2.45) is 0 Å². The number of nitrogens with two attached hydrogens (primary N) is 1. The second-order valence-corrected chi connectivity index (χ2v) is 3.67. The van der Waals surface area contributed by atoms with Crippen molar-refractivity contribution in [3.8, 4) is 0 Å². The largest absolute Gasteiger partial charge is 0.405 e. The molecule has 2 N–H and O–H groups in total. The molecule has 0 bridgehead atoms. The average molecular weight is 263 g/mol. The second kappa shape index (κ2) is 5.11. The molecule has 1 aromatic carbocycles. The standard InChI is InChI=1S/C10H12F3N3O2/c1-2-15(6-10(11,12)13)8-3-7(14)4-9(5-8)16(17)18/h3-5H,2,6,14H2,1H3. The molecule has 0 aliphatic heterocycles. The van der Waals surface area contributed by atoms with Gasteiger partial charge in [-0.15, -0.1) is 0 Å². The van der Waals surface area contributed by atoms with Crippen LogP contribution in [0.2, 0.25) is 0 Å². The molecule has 0 unspecified atom stereocenters. The van der Waals surface area contributed by atoms with Crippen molar-refractivity contribution in [3.63, 3.8) is 0 Å². The molecule has 0 aliphatic rings. The minimum atomic E-state index is -4.38. The summed E-state index contributed by atoms with van der Waals surface area (Å²) in [7, 11) is 0. The highest BCUT2D eigenvalue weighted by Gasteiger charge is 2.30. The molecule has 0 amide bonds. The molecule has 0 fully saturated rings. The first kappa shape index (κ1) is 14.1. The Morgan fingerprint density at radius 3 is 2.44 bits per heavy atom. The van der Waals surface area contributed by atoms with Gasteiger partial charge < -0.3 is 10.6 Å². The number of benzene rings is 1. The van der Waals surface area contributed by atoms with Gasteiger partial charge in [-0.3, -0.25) is 10.1 Å². The molecular weight excluding hydrogens is 251 g/mol. The fourth-order valence-corrected chi connectivity index (χ4v) is 1.51. The summed E-state index contributed by atoms with van der Waals surface area (Å²) < 4.78 is 37.0. The van der Waals surface area contributed by atoms with Gasteiger partial charge in [0.15, 0.2) is 0 Å². The topological polar surface area (TPSA) is 72.4 Å². The number of alkyl halides is 3. The Morgan fingerprint density at radius 1 is 1.39 bits per heavy atom. The summed E-state index contributed by atoms with van der Waals surface area (Å²) in [6.45, 7) is 0.422. The van der Waals surface area contributed by atoms with Gasteiger partial charge in [-0.2, -0.15) is 13.2 Å². The first-order chi connectivity index (χ1) is 8.23. The summed E-state index contributed by atoms with van der Waals surface area (Å²) in [6, 6.07) is 3.46. The average Bonchev–Trinajstić information content (AvgIpc) is 2.23. The van der Waals surface area contributed by atoms with Gasteiger partial charge >= 0.3 is 6.18 Å². The molecule has 1 rings (SSSR count). The van der Waals surface area contributed by atoms with Crippen molar-refractivity contribution in [2.75, 3.05) is 23.7 Å². The van der Waals surface area contributed by atoms with E-state index >= 15 is 0 Å². The van der Waals surface area contributed by atoms with Gasteiger partial charge in [0.2, 0.25) is 0 Å². The molecule has 18 heavy (non-hydrogen) atoms. The van der Waals surface area contributed by atoms with Crippen molar-refractivity contribution in [2.45, 2.75) is 13.1 Å². The van der Waals surface area contributed by atoms with Gasteiger partial charge in [0.1, 0.15) is 6.54 Å². The van der Waals surface area contributed by atoms with Gasteiger partial charge in [-0.1, -0.05) is 0 Å². The maximum atomic E-state index is 12.3. The molecule has 0 spiro atoms. The number of non-ortho nitro benzene ring substituents is 1. The lowest BCUT2D eigenvalue weighted by atomic mass is 10.2. The number of rotatable bonds is 4. The molecule has 8 heteroatoms. The van der Waals surface area contributed by atoms with Crippen LogP contribution in [0.25, 0.3) is 0 Å². The lowest BCUT2D eigenvalue weighted by molar-refractivity contribution is -0.384. The number of hydrogen-bond acceptors (Lipinski definition) is 4. The maximum Gasteiger partial charge on any atom is 0.405 e. The molecule has 0 atom stereocenters. The van der Waals surface area contributed by atoms with Crippen molar-refractivity contribution >= 4 is 17.1 Å². The quantitative estimate of drug-likeness (QED) is 0.514. The lowest BCUT2D eigenvalue weighted by Gasteiger charge is -2.24. The maximum absolute atomic E-state index is 12.3. The van der Waals surface area contributed by atoms with E-state index in [1.165, 1.54) is 13.0 Å². The third-order valence-corrected chi connectivity index (χ3v) is 2.25. The zero-order valence-corrected chi connectivity index (χ0v) is 9.57. The Labute approximate surface area is 101 Å². The van der Waals surface area contributed by atoms with E-state index in [2.05, 4.69) is 0 Å². The van der Waals surface area contributed by atoms with Gasteiger partial charge in [-0.25, -0.2) is 0 Å². The van der Waals surface area contributed by atoms with E-state index in [1.807, 2.05) is 0 Å². The van der Waals surface area contributed by atoms with E-state index in [0.717, 1.165) is 17.0 Å². The Bertz CT molecular complexity index is 448. The third kappa shape index (κ3) is 3.79. The number of anilines is 2. The van der Waals surface area contributed by atoms with Gasteiger partial charge in [0.05, 0.1) is 4.92 Å². The van der Waals surface area contributed by atoms with Crippen LogP contribution in [0.5, 0.6) is 0 Å². The second-order valence-electron chi connectivity index (χ2n) is 3.67. The molecule has 0 saturated carbocycles. The fraction of sp³-hybridized carbons (Fsp3) is 0.400. The predicted octanol–water partition coefficient (Wildman–Crippen LogP) is 2.57. The number of hydrogen-bond donors (Lipinski definition) is 1. The van der Waals surface area contributed by atoms with Crippen molar-refractivity contribution in [3.05, 3.63) is 28.3 Å². The Morgan fingerprint density at radius 2 is 2.00 bits per heavy atom. The summed E-state index contributed by atoms with van der Waals surface area (Å²) in [6.07, 6.45) is -4.38.